The molecular formula is C19H15F4N3O7. The van der Waals surface area contributed by atoms with Gasteiger partial charge in [-0.3, -0.25) is 14.4 Å². The van der Waals surface area contributed by atoms with Crippen LogP contribution in [0.4, 0.5) is 28.9 Å². The van der Waals surface area contributed by atoms with Crippen molar-refractivity contribution >= 4 is 29.6 Å². The van der Waals surface area contributed by atoms with Crippen LogP contribution in [0.2, 0.25) is 0 Å². The Kier molecular flexibility index (Phi) is 6.02. The number of fused-ring (bicyclic) bond motifs is 1. The summed E-state index contributed by atoms with van der Waals surface area (Å²) in [6, 6.07) is 2.04. The van der Waals surface area contributed by atoms with Crippen LogP contribution in [0.5, 0.6) is 5.75 Å². The molecule has 0 saturated heterocycles. The number of rotatable bonds is 5. The summed E-state index contributed by atoms with van der Waals surface area (Å²) in [6.07, 6.45) is -6.61. The van der Waals surface area contributed by atoms with Gasteiger partial charge in [-0.25, -0.2) is 4.39 Å². The maximum atomic E-state index is 13.7. The summed E-state index contributed by atoms with van der Waals surface area (Å²) in [5.74, 6) is -7.64. The molecule has 1 heterocycles. The molecule has 3 amide bonds. The zero-order valence-corrected chi connectivity index (χ0v) is 16.5. The van der Waals surface area contributed by atoms with Gasteiger partial charge in [-0.15, -0.1) is 0 Å². The molecule has 1 aliphatic rings. The molecule has 3 rings (SSSR count). The lowest BCUT2D eigenvalue weighted by molar-refractivity contribution is -0.270. The Bertz CT molecular complexity index is 1150. The third kappa shape index (κ3) is 4.72. The third-order valence-corrected chi connectivity index (χ3v) is 4.61. The molecule has 33 heavy (non-hydrogen) atoms. The normalized spacial score (nSPS) is 15.6. The summed E-state index contributed by atoms with van der Waals surface area (Å²) >= 11 is 0. The molecule has 2 aromatic carbocycles. The molecule has 0 saturated carbocycles. The standard InChI is InChI=1S/C19H15F4N3O7/c1-7-13(16(29)24-6-27)11(5-12-14(7)26-17(30)19(31,32)33-12)25-15(28)8-2-9(18(21,22)23)4-10(20)3-8/h2-6,16,29,31-32H,1H3,(H,24,27)(H,25,28)(H,26,30). The Morgan fingerprint density at radius 1 is 1.24 bits per heavy atom. The van der Waals surface area contributed by atoms with Gasteiger partial charge in [0.2, 0.25) is 6.41 Å². The van der Waals surface area contributed by atoms with Gasteiger partial charge in [0.15, 0.2) is 12.0 Å². The van der Waals surface area contributed by atoms with E-state index in [2.05, 4.69) is 10.6 Å². The molecule has 10 nitrogen and oxygen atoms in total. The van der Waals surface area contributed by atoms with E-state index < -0.39 is 52.9 Å². The van der Waals surface area contributed by atoms with Crippen LogP contribution in [0.3, 0.4) is 0 Å². The molecular weight excluding hydrogens is 458 g/mol. The van der Waals surface area contributed by atoms with Crippen LogP contribution in [-0.4, -0.2) is 39.5 Å². The number of carbonyl (C=O) groups is 3. The zero-order valence-electron chi connectivity index (χ0n) is 16.5. The molecule has 2 aromatic rings. The second-order valence-electron chi connectivity index (χ2n) is 6.87. The van der Waals surface area contributed by atoms with Crippen LogP contribution in [0.1, 0.15) is 33.3 Å². The Balaban J connectivity index is 2.10. The Labute approximate surface area is 181 Å². The first-order valence-electron chi connectivity index (χ1n) is 8.94. The van der Waals surface area contributed by atoms with E-state index >= 15 is 0 Å². The van der Waals surface area contributed by atoms with Crippen LogP contribution in [-0.2, 0) is 15.8 Å². The van der Waals surface area contributed by atoms with Gasteiger partial charge in [0, 0.05) is 17.2 Å². The van der Waals surface area contributed by atoms with Crippen LogP contribution in [0, 0.1) is 12.7 Å². The van der Waals surface area contributed by atoms with Crippen LogP contribution >= 0.6 is 0 Å². The fourth-order valence-corrected chi connectivity index (χ4v) is 3.12. The summed E-state index contributed by atoms with van der Waals surface area (Å²) in [5, 5.41) is 35.8. The molecule has 1 atom stereocenters. The largest absolute Gasteiger partial charge is 0.430 e. The molecule has 0 spiro atoms. The summed E-state index contributed by atoms with van der Waals surface area (Å²) in [7, 11) is 0. The van der Waals surface area contributed by atoms with E-state index in [-0.39, 0.29) is 35.0 Å². The first kappa shape index (κ1) is 23.9. The topological polar surface area (TPSA) is 157 Å². The summed E-state index contributed by atoms with van der Waals surface area (Å²) < 4.78 is 57.4. The van der Waals surface area contributed by atoms with Crippen molar-refractivity contribution in [3.05, 3.63) is 52.3 Å². The number of ether oxygens (including phenoxy) is 1. The molecule has 1 unspecified atom stereocenters. The minimum atomic E-state index is -4.94. The summed E-state index contributed by atoms with van der Waals surface area (Å²) in [4.78, 5) is 35.2. The van der Waals surface area contributed by atoms with Crippen LogP contribution in [0.15, 0.2) is 24.3 Å². The summed E-state index contributed by atoms with van der Waals surface area (Å²) in [5.41, 5.74) is -2.90. The fourth-order valence-electron chi connectivity index (χ4n) is 3.12. The van der Waals surface area contributed by atoms with Crippen molar-refractivity contribution in [2.24, 2.45) is 0 Å². The second kappa shape index (κ2) is 8.31. The number of anilines is 2. The van der Waals surface area contributed by atoms with Crippen molar-refractivity contribution < 1.29 is 52.0 Å². The molecule has 176 valence electrons. The smallest absolute Gasteiger partial charge is 0.416 e. The minimum Gasteiger partial charge on any atom is -0.430 e. The Morgan fingerprint density at radius 3 is 2.52 bits per heavy atom. The lowest BCUT2D eigenvalue weighted by Crippen LogP contribution is -2.51. The number of benzene rings is 2. The van der Waals surface area contributed by atoms with Gasteiger partial charge in [0.05, 0.1) is 16.9 Å². The van der Waals surface area contributed by atoms with Gasteiger partial charge >= 0.3 is 18.1 Å². The van der Waals surface area contributed by atoms with Crippen molar-refractivity contribution in [1.82, 2.24) is 5.32 Å². The number of amides is 3. The van der Waals surface area contributed by atoms with Crippen molar-refractivity contribution in [1.29, 1.82) is 0 Å². The molecule has 6 N–H and O–H groups in total. The number of aliphatic hydroxyl groups is 3. The molecule has 0 radical (unpaired) electrons. The van der Waals surface area contributed by atoms with Crippen molar-refractivity contribution in [2.45, 2.75) is 25.3 Å². The molecule has 14 heteroatoms. The third-order valence-electron chi connectivity index (χ3n) is 4.61. The number of nitrogens with one attached hydrogen (secondary N) is 3. The van der Waals surface area contributed by atoms with Gasteiger partial charge < -0.3 is 36.0 Å². The monoisotopic (exact) mass is 473 g/mol. The van der Waals surface area contributed by atoms with E-state index in [9.17, 15) is 47.3 Å². The van der Waals surface area contributed by atoms with E-state index in [1.165, 1.54) is 6.92 Å². The lowest BCUT2D eigenvalue weighted by Gasteiger charge is -2.31. The van der Waals surface area contributed by atoms with Crippen molar-refractivity contribution in [2.75, 3.05) is 10.6 Å². The van der Waals surface area contributed by atoms with Gasteiger partial charge in [-0.1, -0.05) is 0 Å². The molecule has 0 aliphatic carbocycles. The van der Waals surface area contributed by atoms with Crippen molar-refractivity contribution in [3.63, 3.8) is 0 Å². The van der Waals surface area contributed by atoms with E-state index in [4.69, 9.17) is 4.74 Å². The Hall–Kier alpha value is -3.75. The number of hydrogen-bond donors (Lipinski definition) is 6. The number of halogens is 4. The number of carbonyl (C=O) groups excluding carboxylic acids is 3. The highest BCUT2D eigenvalue weighted by Crippen LogP contribution is 2.42. The molecule has 1 aliphatic heterocycles. The maximum Gasteiger partial charge on any atom is 0.416 e. The zero-order chi connectivity index (χ0) is 24.7. The maximum absolute atomic E-state index is 13.7. The van der Waals surface area contributed by atoms with Crippen LogP contribution < -0.4 is 20.7 Å². The number of alkyl halides is 3. The minimum absolute atomic E-state index is 0.0104. The predicted molar refractivity (Wildman–Crippen MR) is 101 cm³/mol. The average Bonchev–Trinajstić information content (AvgIpc) is 2.68. The quantitative estimate of drug-likeness (QED) is 0.216. The highest BCUT2D eigenvalue weighted by molar-refractivity contribution is 6.06. The van der Waals surface area contributed by atoms with E-state index in [1.807, 2.05) is 5.32 Å². The molecule has 0 fully saturated rings. The first-order valence-corrected chi connectivity index (χ1v) is 8.94. The van der Waals surface area contributed by atoms with Gasteiger partial charge in [0.25, 0.3) is 5.91 Å². The van der Waals surface area contributed by atoms with Crippen molar-refractivity contribution in [3.8, 4) is 5.75 Å². The van der Waals surface area contributed by atoms with Gasteiger partial charge in [-0.05, 0) is 30.7 Å². The summed E-state index contributed by atoms with van der Waals surface area (Å²) in [6.45, 7) is 1.30. The van der Waals surface area contributed by atoms with Gasteiger partial charge in [0.1, 0.15) is 5.82 Å². The number of aliphatic hydroxyl groups excluding tert-OH is 1. The first-order chi connectivity index (χ1) is 15.2. The Morgan fingerprint density at radius 2 is 1.91 bits per heavy atom. The van der Waals surface area contributed by atoms with E-state index in [0.717, 1.165) is 6.07 Å². The SMILES string of the molecule is Cc1c2c(cc(NC(=O)c3cc(F)cc(C(F)(F)F)c3)c1C(O)NC=O)OC(O)(O)C(=O)N2. The van der Waals surface area contributed by atoms with Crippen LogP contribution in [0.25, 0.3) is 0 Å². The predicted octanol–water partition coefficient (Wildman–Crippen LogP) is 1.11. The molecule has 0 aromatic heterocycles. The fraction of sp³-hybridized carbons (Fsp3) is 0.211. The highest BCUT2D eigenvalue weighted by atomic mass is 19.4. The number of hydrogen-bond acceptors (Lipinski definition) is 7. The second-order valence-corrected chi connectivity index (χ2v) is 6.87. The average molecular weight is 473 g/mol. The molecule has 0 bridgehead atoms. The highest BCUT2D eigenvalue weighted by Gasteiger charge is 2.43. The lowest BCUT2D eigenvalue weighted by atomic mass is 10.00. The van der Waals surface area contributed by atoms with E-state index in [1.54, 1.807) is 0 Å². The van der Waals surface area contributed by atoms with Gasteiger partial charge in [-0.2, -0.15) is 13.2 Å². The van der Waals surface area contributed by atoms with E-state index in [0.29, 0.717) is 12.1 Å².